The maximum absolute atomic E-state index is 8.92. The predicted octanol–water partition coefficient (Wildman–Crippen LogP) is 4.72. The number of phenols is 1. The number of hydrogen-bond donors (Lipinski definition) is 1. The molecule has 0 aromatic heterocycles. The number of benzene rings is 2. The molecule has 2 aromatic carbocycles. The summed E-state index contributed by atoms with van der Waals surface area (Å²) in [5.74, 6) is 0.368. The van der Waals surface area contributed by atoms with Crippen LogP contribution >= 0.6 is 0 Å². The van der Waals surface area contributed by atoms with Crippen molar-refractivity contribution >= 4 is 0 Å². The Labute approximate surface area is 105 Å². The lowest BCUT2D eigenvalue weighted by molar-refractivity contribution is 0.471. The second-order valence-electron chi connectivity index (χ2n) is 3.44. The van der Waals surface area contributed by atoms with Crippen LogP contribution in [0.4, 0.5) is 0 Å². The zero-order chi connectivity index (χ0) is 13.1. The molecule has 0 aliphatic rings. The summed E-state index contributed by atoms with van der Waals surface area (Å²) in [7, 11) is 0. The molecule has 1 heteroatoms. The van der Waals surface area contributed by atoms with Crippen LogP contribution in [0.2, 0.25) is 0 Å². The van der Waals surface area contributed by atoms with Gasteiger partial charge in [0.25, 0.3) is 0 Å². The minimum absolute atomic E-state index is 0.368. The molecule has 0 radical (unpaired) electrons. The summed E-state index contributed by atoms with van der Waals surface area (Å²) < 4.78 is 0. The average Bonchev–Trinajstić information content (AvgIpc) is 2.37. The number of phenolic OH excluding ortho intramolecular Hbond substituents is 1. The third-order valence-corrected chi connectivity index (χ3v) is 2.06. The van der Waals surface area contributed by atoms with E-state index in [-0.39, 0.29) is 0 Å². The lowest BCUT2D eigenvalue weighted by Crippen LogP contribution is -1.68. The van der Waals surface area contributed by atoms with Gasteiger partial charge in [-0.3, -0.25) is 0 Å². The molecule has 0 spiro atoms. The van der Waals surface area contributed by atoms with Crippen LogP contribution in [0.5, 0.6) is 5.75 Å². The third-order valence-electron chi connectivity index (χ3n) is 2.06. The van der Waals surface area contributed by atoms with Crippen LogP contribution in [0.25, 0.3) is 0 Å². The van der Waals surface area contributed by atoms with Crippen molar-refractivity contribution in [2.45, 2.75) is 27.7 Å². The molecule has 0 fully saturated rings. The lowest BCUT2D eigenvalue weighted by Gasteiger charge is -1.92. The SMILES string of the molecule is CC.Cc1ccccc1.Cc1ccccc1O. The summed E-state index contributed by atoms with van der Waals surface area (Å²) in [5, 5.41) is 8.92. The summed E-state index contributed by atoms with van der Waals surface area (Å²) in [6.07, 6.45) is 0. The van der Waals surface area contributed by atoms with E-state index in [1.54, 1.807) is 6.07 Å². The Morgan fingerprint density at radius 3 is 1.47 bits per heavy atom. The molecule has 2 rings (SSSR count). The molecule has 0 saturated heterocycles. The normalized spacial score (nSPS) is 8.24. The molecule has 1 nitrogen and oxygen atoms in total. The molecule has 1 N–H and O–H groups in total. The maximum Gasteiger partial charge on any atom is 0.118 e. The molecule has 0 bridgehead atoms. The van der Waals surface area contributed by atoms with Crippen molar-refractivity contribution in [3.8, 4) is 5.75 Å². The molecule has 0 atom stereocenters. The van der Waals surface area contributed by atoms with E-state index in [1.165, 1.54) is 5.56 Å². The van der Waals surface area contributed by atoms with Gasteiger partial charge in [-0.05, 0) is 25.5 Å². The first kappa shape index (κ1) is 15.2. The Kier molecular flexibility index (Phi) is 8.48. The zero-order valence-corrected chi connectivity index (χ0v) is 11.1. The number of aryl methyl sites for hydroxylation is 2. The molecule has 2 aromatic rings. The number of para-hydroxylation sites is 1. The van der Waals surface area contributed by atoms with Gasteiger partial charge in [0.15, 0.2) is 0 Å². The van der Waals surface area contributed by atoms with E-state index in [2.05, 4.69) is 19.1 Å². The third kappa shape index (κ3) is 7.18. The van der Waals surface area contributed by atoms with Crippen molar-refractivity contribution in [2.24, 2.45) is 0 Å². The Balaban J connectivity index is 0.000000265. The van der Waals surface area contributed by atoms with Crippen LogP contribution in [-0.4, -0.2) is 5.11 Å². The van der Waals surface area contributed by atoms with E-state index >= 15 is 0 Å². The molecule has 0 amide bonds. The van der Waals surface area contributed by atoms with Crippen LogP contribution in [0.15, 0.2) is 54.6 Å². The van der Waals surface area contributed by atoms with E-state index in [9.17, 15) is 0 Å². The van der Waals surface area contributed by atoms with Crippen molar-refractivity contribution < 1.29 is 5.11 Å². The van der Waals surface area contributed by atoms with Gasteiger partial charge in [-0.15, -0.1) is 0 Å². The summed E-state index contributed by atoms with van der Waals surface area (Å²) in [6, 6.07) is 17.5. The standard InChI is InChI=1S/C7H8O.C7H8.C2H6/c1-6-4-2-3-5-7(6)8;1-7-5-3-2-4-6-7;1-2/h2-5,8H,1H3;2-6H,1H3;1-2H3. The van der Waals surface area contributed by atoms with Crippen molar-refractivity contribution in [2.75, 3.05) is 0 Å². The summed E-state index contributed by atoms with van der Waals surface area (Å²) >= 11 is 0. The quantitative estimate of drug-likeness (QED) is 0.694. The molecule has 0 aliphatic carbocycles. The van der Waals surface area contributed by atoms with Crippen molar-refractivity contribution in [1.82, 2.24) is 0 Å². The minimum atomic E-state index is 0.368. The molecule has 0 unspecified atom stereocenters. The minimum Gasteiger partial charge on any atom is -0.508 e. The van der Waals surface area contributed by atoms with E-state index in [1.807, 2.05) is 57.2 Å². The second kappa shape index (κ2) is 9.46. The van der Waals surface area contributed by atoms with Gasteiger partial charge in [0.1, 0.15) is 5.75 Å². The van der Waals surface area contributed by atoms with E-state index in [4.69, 9.17) is 5.11 Å². The van der Waals surface area contributed by atoms with Gasteiger partial charge in [-0.2, -0.15) is 0 Å². The fraction of sp³-hybridized carbons (Fsp3) is 0.250. The molecular formula is C16H22O. The summed E-state index contributed by atoms with van der Waals surface area (Å²) in [4.78, 5) is 0. The Bertz CT molecular complexity index is 372. The first-order valence-corrected chi connectivity index (χ1v) is 5.96. The number of rotatable bonds is 0. The highest BCUT2D eigenvalue weighted by atomic mass is 16.3. The van der Waals surface area contributed by atoms with Gasteiger partial charge in [0, 0.05) is 0 Å². The average molecular weight is 230 g/mol. The largest absolute Gasteiger partial charge is 0.508 e. The monoisotopic (exact) mass is 230 g/mol. The van der Waals surface area contributed by atoms with Crippen molar-refractivity contribution in [1.29, 1.82) is 0 Å². The highest BCUT2D eigenvalue weighted by molar-refractivity contribution is 5.29. The maximum atomic E-state index is 8.92. The van der Waals surface area contributed by atoms with Crippen LogP contribution < -0.4 is 0 Å². The first-order chi connectivity index (χ1) is 8.20. The van der Waals surface area contributed by atoms with E-state index in [0.717, 1.165) is 5.56 Å². The zero-order valence-electron chi connectivity index (χ0n) is 11.1. The van der Waals surface area contributed by atoms with Gasteiger partial charge in [-0.25, -0.2) is 0 Å². The highest BCUT2D eigenvalue weighted by Crippen LogP contribution is 2.12. The first-order valence-electron chi connectivity index (χ1n) is 5.96. The van der Waals surface area contributed by atoms with Gasteiger partial charge in [0.05, 0.1) is 0 Å². The topological polar surface area (TPSA) is 20.2 Å². The van der Waals surface area contributed by atoms with Crippen molar-refractivity contribution in [3.05, 3.63) is 65.7 Å². The number of hydrogen-bond acceptors (Lipinski definition) is 1. The fourth-order valence-electron chi connectivity index (χ4n) is 1.10. The van der Waals surface area contributed by atoms with Crippen LogP contribution in [0, 0.1) is 13.8 Å². The fourth-order valence-corrected chi connectivity index (χ4v) is 1.10. The Morgan fingerprint density at radius 1 is 0.706 bits per heavy atom. The molecule has 0 aliphatic heterocycles. The van der Waals surface area contributed by atoms with E-state index < -0.39 is 0 Å². The Morgan fingerprint density at radius 2 is 1.18 bits per heavy atom. The van der Waals surface area contributed by atoms with Crippen molar-refractivity contribution in [3.63, 3.8) is 0 Å². The summed E-state index contributed by atoms with van der Waals surface area (Å²) in [5.41, 5.74) is 2.25. The van der Waals surface area contributed by atoms with E-state index in [0.29, 0.717) is 5.75 Å². The molecular weight excluding hydrogens is 208 g/mol. The van der Waals surface area contributed by atoms with Crippen LogP contribution in [-0.2, 0) is 0 Å². The van der Waals surface area contributed by atoms with Gasteiger partial charge in [-0.1, -0.05) is 67.9 Å². The van der Waals surface area contributed by atoms with Gasteiger partial charge in [0.2, 0.25) is 0 Å². The number of aromatic hydroxyl groups is 1. The second-order valence-corrected chi connectivity index (χ2v) is 3.44. The highest BCUT2D eigenvalue weighted by Gasteiger charge is 1.87. The smallest absolute Gasteiger partial charge is 0.118 e. The van der Waals surface area contributed by atoms with Crippen LogP contribution in [0.3, 0.4) is 0 Å². The Hall–Kier alpha value is -1.76. The summed E-state index contributed by atoms with van der Waals surface area (Å²) in [6.45, 7) is 7.95. The molecule has 0 heterocycles. The van der Waals surface area contributed by atoms with Crippen LogP contribution in [0.1, 0.15) is 25.0 Å². The predicted molar refractivity (Wildman–Crippen MR) is 75.4 cm³/mol. The molecule has 92 valence electrons. The molecule has 0 saturated carbocycles. The van der Waals surface area contributed by atoms with Gasteiger partial charge < -0.3 is 5.11 Å². The lowest BCUT2D eigenvalue weighted by atomic mass is 10.2. The van der Waals surface area contributed by atoms with Gasteiger partial charge >= 0.3 is 0 Å². The molecule has 17 heavy (non-hydrogen) atoms.